The summed E-state index contributed by atoms with van der Waals surface area (Å²) in [6, 6.07) is 11.9. The van der Waals surface area contributed by atoms with Crippen LogP contribution in [-0.4, -0.2) is 21.1 Å². The van der Waals surface area contributed by atoms with Crippen LogP contribution in [0.15, 0.2) is 53.6 Å². The summed E-state index contributed by atoms with van der Waals surface area (Å²) in [6.07, 6.45) is 9.84. The second kappa shape index (κ2) is 7.68. The van der Waals surface area contributed by atoms with Gasteiger partial charge in [-0.25, -0.2) is 4.98 Å². The van der Waals surface area contributed by atoms with Gasteiger partial charge in [0.2, 0.25) is 0 Å². The number of rotatable bonds is 5. The van der Waals surface area contributed by atoms with Crippen LogP contribution in [0.1, 0.15) is 37.7 Å². The number of nitrogens with one attached hydrogen (secondary N) is 1. The fourth-order valence-electron chi connectivity index (χ4n) is 3.76. The molecule has 0 atom stereocenters. The van der Waals surface area contributed by atoms with Crippen molar-refractivity contribution in [3.63, 3.8) is 0 Å². The van der Waals surface area contributed by atoms with E-state index in [1.165, 1.54) is 32.1 Å². The number of hydrogen-bond acceptors (Lipinski definition) is 4. The fraction of sp³-hybridized carbons (Fsp3) is 0.381. The molecule has 26 heavy (non-hydrogen) atoms. The number of anilines is 1. The van der Waals surface area contributed by atoms with Crippen LogP contribution in [0.3, 0.4) is 0 Å². The molecule has 0 aliphatic heterocycles. The smallest absolute Gasteiger partial charge is 0.294 e. The molecule has 1 fully saturated rings. The number of fused-ring (bicyclic) bond motifs is 1. The second-order valence-corrected chi connectivity index (χ2v) is 7.09. The van der Waals surface area contributed by atoms with Crippen molar-refractivity contribution in [2.24, 2.45) is 5.92 Å². The largest absolute Gasteiger partial charge is 0.365 e. The molecule has 1 saturated carbocycles. The van der Waals surface area contributed by atoms with Gasteiger partial charge in [0.15, 0.2) is 5.82 Å². The van der Waals surface area contributed by atoms with E-state index < -0.39 is 0 Å². The highest BCUT2D eigenvalue weighted by Crippen LogP contribution is 2.23. The van der Waals surface area contributed by atoms with Crippen molar-refractivity contribution >= 4 is 16.9 Å². The van der Waals surface area contributed by atoms with E-state index >= 15 is 0 Å². The Kier molecular flexibility index (Phi) is 4.95. The van der Waals surface area contributed by atoms with Crippen molar-refractivity contribution in [3.05, 3.63) is 64.7 Å². The van der Waals surface area contributed by atoms with Crippen molar-refractivity contribution in [2.45, 2.75) is 38.6 Å². The maximum Gasteiger partial charge on any atom is 0.294 e. The first-order chi connectivity index (χ1) is 12.8. The second-order valence-electron chi connectivity index (χ2n) is 7.09. The van der Waals surface area contributed by atoms with E-state index in [1.807, 2.05) is 36.4 Å². The van der Waals surface area contributed by atoms with Gasteiger partial charge in [0, 0.05) is 12.7 Å². The van der Waals surface area contributed by atoms with Crippen molar-refractivity contribution in [1.82, 2.24) is 14.5 Å². The molecule has 2 aromatic heterocycles. The summed E-state index contributed by atoms with van der Waals surface area (Å²) in [6.45, 7) is 1.34. The van der Waals surface area contributed by atoms with E-state index in [0.717, 1.165) is 23.1 Å². The summed E-state index contributed by atoms with van der Waals surface area (Å²) >= 11 is 0. The van der Waals surface area contributed by atoms with E-state index in [0.29, 0.717) is 18.3 Å². The Bertz CT molecular complexity index is 930. The Morgan fingerprint density at radius 2 is 1.88 bits per heavy atom. The van der Waals surface area contributed by atoms with Crippen LogP contribution in [0.25, 0.3) is 11.0 Å². The van der Waals surface area contributed by atoms with Gasteiger partial charge >= 0.3 is 0 Å². The predicted octanol–water partition coefficient (Wildman–Crippen LogP) is 3.83. The highest BCUT2D eigenvalue weighted by atomic mass is 16.1. The normalized spacial score (nSPS) is 15.2. The SMILES string of the molecule is O=c1c(NCC2CCCCC2)nc2ccncc2n1Cc1ccccc1. The Hall–Kier alpha value is -2.69. The first kappa shape index (κ1) is 16.8. The third kappa shape index (κ3) is 3.62. The van der Waals surface area contributed by atoms with Gasteiger partial charge < -0.3 is 5.32 Å². The minimum absolute atomic E-state index is 0.0786. The Morgan fingerprint density at radius 1 is 1.08 bits per heavy atom. The molecule has 1 N–H and O–H groups in total. The quantitative estimate of drug-likeness (QED) is 0.761. The average Bonchev–Trinajstić information content (AvgIpc) is 2.70. The number of pyridine rings is 1. The van der Waals surface area contributed by atoms with Crippen LogP contribution >= 0.6 is 0 Å². The lowest BCUT2D eigenvalue weighted by Gasteiger charge is -2.22. The van der Waals surface area contributed by atoms with Gasteiger partial charge in [-0.15, -0.1) is 0 Å². The highest BCUT2D eigenvalue weighted by Gasteiger charge is 2.16. The van der Waals surface area contributed by atoms with Gasteiger partial charge in [-0.05, 0) is 30.4 Å². The molecule has 1 aromatic carbocycles. The molecule has 0 unspecified atom stereocenters. The van der Waals surface area contributed by atoms with E-state index in [9.17, 15) is 4.79 Å². The zero-order valence-corrected chi connectivity index (χ0v) is 14.9. The minimum atomic E-state index is -0.0786. The van der Waals surface area contributed by atoms with Gasteiger partial charge in [-0.3, -0.25) is 14.3 Å². The molecule has 0 saturated heterocycles. The minimum Gasteiger partial charge on any atom is -0.365 e. The van der Waals surface area contributed by atoms with Crippen LogP contribution in [0, 0.1) is 5.92 Å². The van der Waals surface area contributed by atoms with Crippen molar-refractivity contribution in [2.75, 3.05) is 11.9 Å². The Balaban J connectivity index is 1.67. The van der Waals surface area contributed by atoms with Gasteiger partial charge in [-0.2, -0.15) is 0 Å². The summed E-state index contributed by atoms with van der Waals surface area (Å²) in [5.74, 6) is 1.09. The lowest BCUT2D eigenvalue weighted by molar-refractivity contribution is 0.373. The zero-order valence-electron chi connectivity index (χ0n) is 14.9. The Labute approximate surface area is 153 Å². The lowest BCUT2D eigenvalue weighted by atomic mass is 9.89. The maximum absolute atomic E-state index is 13.1. The molecule has 0 spiro atoms. The molecule has 134 valence electrons. The third-order valence-electron chi connectivity index (χ3n) is 5.21. The summed E-state index contributed by atoms with van der Waals surface area (Å²) in [5, 5.41) is 3.34. The van der Waals surface area contributed by atoms with Gasteiger partial charge in [0.1, 0.15) is 0 Å². The number of benzene rings is 1. The van der Waals surface area contributed by atoms with Crippen molar-refractivity contribution in [1.29, 1.82) is 0 Å². The van der Waals surface area contributed by atoms with Crippen molar-refractivity contribution < 1.29 is 0 Å². The molecular weight excluding hydrogens is 324 g/mol. The van der Waals surface area contributed by atoms with E-state index in [2.05, 4.69) is 15.3 Å². The number of aromatic nitrogens is 3. The van der Waals surface area contributed by atoms with Gasteiger partial charge in [0.05, 0.1) is 23.8 Å². The zero-order chi connectivity index (χ0) is 17.8. The molecule has 3 aromatic rings. The monoisotopic (exact) mass is 348 g/mol. The molecule has 1 aliphatic rings. The summed E-state index contributed by atoms with van der Waals surface area (Å²) in [4.78, 5) is 21.8. The summed E-state index contributed by atoms with van der Waals surface area (Å²) in [7, 11) is 0. The molecule has 0 bridgehead atoms. The van der Waals surface area contributed by atoms with E-state index in [-0.39, 0.29) is 5.56 Å². The molecular formula is C21H24N4O. The standard InChI is InChI=1S/C21H24N4O/c26-21-20(23-13-16-7-3-1-4-8-16)24-18-11-12-22-14-19(18)25(21)15-17-9-5-2-6-10-17/h2,5-6,9-12,14,16H,1,3-4,7-8,13,15H2,(H,23,24). The molecule has 0 radical (unpaired) electrons. The molecule has 5 heteroatoms. The maximum atomic E-state index is 13.1. The topological polar surface area (TPSA) is 59.8 Å². The summed E-state index contributed by atoms with van der Waals surface area (Å²) in [5.41, 5.74) is 2.57. The van der Waals surface area contributed by atoms with Crippen LogP contribution in [0.4, 0.5) is 5.82 Å². The van der Waals surface area contributed by atoms with Crippen LogP contribution < -0.4 is 10.9 Å². The molecule has 4 rings (SSSR count). The molecule has 0 amide bonds. The fourth-order valence-corrected chi connectivity index (χ4v) is 3.76. The summed E-state index contributed by atoms with van der Waals surface area (Å²) < 4.78 is 1.77. The lowest BCUT2D eigenvalue weighted by Crippen LogP contribution is -2.28. The van der Waals surface area contributed by atoms with E-state index in [4.69, 9.17) is 0 Å². The third-order valence-corrected chi connectivity index (χ3v) is 5.21. The number of nitrogens with zero attached hydrogens (tertiary/aromatic N) is 3. The molecule has 1 aliphatic carbocycles. The highest BCUT2D eigenvalue weighted by molar-refractivity contribution is 5.75. The van der Waals surface area contributed by atoms with Crippen LogP contribution in [0.2, 0.25) is 0 Å². The van der Waals surface area contributed by atoms with Crippen LogP contribution in [-0.2, 0) is 6.54 Å². The molecule has 2 heterocycles. The Morgan fingerprint density at radius 3 is 2.69 bits per heavy atom. The first-order valence-corrected chi connectivity index (χ1v) is 9.43. The predicted molar refractivity (Wildman–Crippen MR) is 104 cm³/mol. The molecule has 5 nitrogen and oxygen atoms in total. The van der Waals surface area contributed by atoms with Gasteiger partial charge in [-0.1, -0.05) is 49.6 Å². The average molecular weight is 348 g/mol. The van der Waals surface area contributed by atoms with Gasteiger partial charge in [0.25, 0.3) is 5.56 Å². The number of hydrogen-bond donors (Lipinski definition) is 1. The first-order valence-electron chi connectivity index (χ1n) is 9.43. The van der Waals surface area contributed by atoms with E-state index in [1.54, 1.807) is 17.0 Å². The van der Waals surface area contributed by atoms with Crippen LogP contribution in [0.5, 0.6) is 0 Å². The van der Waals surface area contributed by atoms with Crippen molar-refractivity contribution in [3.8, 4) is 0 Å².